The molecule has 0 saturated carbocycles. The van der Waals surface area contributed by atoms with Crippen LogP contribution < -0.4 is 5.73 Å². The molecule has 1 aromatic heterocycles. The van der Waals surface area contributed by atoms with Gasteiger partial charge in [0.15, 0.2) is 0 Å². The second-order valence-electron chi connectivity index (χ2n) is 5.24. The van der Waals surface area contributed by atoms with Gasteiger partial charge in [0.05, 0.1) is 12.6 Å². The summed E-state index contributed by atoms with van der Waals surface area (Å²) >= 11 is 1.77. The van der Waals surface area contributed by atoms with Gasteiger partial charge in [0.1, 0.15) is 0 Å². The van der Waals surface area contributed by atoms with Crippen molar-refractivity contribution in [2.24, 2.45) is 5.73 Å². The lowest BCUT2D eigenvalue weighted by molar-refractivity contribution is 0.0762. The van der Waals surface area contributed by atoms with Crippen molar-refractivity contribution in [3.8, 4) is 0 Å². The van der Waals surface area contributed by atoms with Crippen LogP contribution in [0.2, 0.25) is 0 Å². The van der Waals surface area contributed by atoms with E-state index in [9.17, 15) is 5.11 Å². The Balaban J connectivity index is 2.22. The smallest absolute Gasteiger partial charge is 0.0593 e. The SMILES string of the molecule is CC(N)C(c1cccs1)N1CCCCCC1CO. The fraction of sp³-hybridized carbons (Fsp3) is 0.714. The van der Waals surface area contributed by atoms with Crippen LogP contribution in [-0.4, -0.2) is 35.2 Å². The van der Waals surface area contributed by atoms with Crippen LogP contribution in [0.4, 0.5) is 0 Å². The van der Waals surface area contributed by atoms with Crippen LogP contribution in [0, 0.1) is 0 Å². The molecule has 0 spiro atoms. The lowest BCUT2D eigenvalue weighted by Crippen LogP contribution is -2.46. The van der Waals surface area contributed by atoms with Crippen molar-refractivity contribution in [1.82, 2.24) is 4.90 Å². The lowest BCUT2D eigenvalue weighted by Gasteiger charge is -2.37. The molecule has 18 heavy (non-hydrogen) atoms. The molecule has 0 bridgehead atoms. The molecule has 4 heteroatoms. The summed E-state index contributed by atoms with van der Waals surface area (Å²) in [4.78, 5) is 3.76. The number of nitrogens with two attached hydrogens (primary N) is 1. The van der Waals surface area contributed by atoms with Crippen LogP contribution in [0.3, 0.4) is 0 Å². The summed E-state index contributed by atoms with van der Waals surface area (Å²) in [5, 5.41) is 11.7. The van der Waals surface area contributed by atoms with Gasteiger partial charge in [-0.3, -0.25) is 4.90 Å². The Morgan fingerprint density at radius 3 is 2.94 bits per heavy atom. The number of aliphatic hydroxyl groups excluding tert-OH is 1. The highest BCUT2D eigenvalue weighted by Gasteiger charge is 2.31. The largest absolute Gasteiger partial charge is 0.395 e. The van der Waals surface area contributed by atoms with E-state index in [-0.39, 0.29) is 24.7 Å². The van der Waals surface area contributed by atoms with E-state index >= 15 is 0 Å². The van der Waals surface area contributed by atoms with Gasteiger partial charge in [0, 0.05) is 17.0 Å². The first-order chi connectivity index (χ1) is 8.74. The maximum Gasteiger partial charge on any atom is 0.0593 e. The van der Waals surface area contributed by atoms with E-state index in [1.807, 2.05) is 0 Å². The third kappa shape index (κ3) is 3.12. The second kappa shape index (κ2) is 6.66. The Bertz CT molecular complexity index is 340. The molecule has 3 N–H and O–H groups in total. The third-order valence-electron chi connectivity index (χ3n) is 3.82. The predicted molar refractivity (Wildman–Crippen MR) is 76.8 cm³/mol. The maximum atomic E-state index is 9.64. The fourth-order valence-electron chi connectivity index (χ4n) is 2.95. The van der Waals surface area contributed by atoms with Gasteiger partial charge in [-0.1, -0.05) is 18.9 Å². The first-order valence-electron chi connectivity index (χ1n) is 6.89. The fourth-order valence-corrected chi connectivity index (χ4v) is 3.91. The average molecular weight is 268 g/mol. The van der Waals surface area contributed by atoms with Crippen LogP contribution in [0.1, 0.15) is 43.5 Å². The lowest BCUT2D eigenvalue weighted by atomic mass is 10.0. The molecule has 1 aromatic rings. The molecule has 102 valence electrons. The molecule has 2 rings (SSSR count). The monoisotopic (exact) mass is 268 g/mol. The molecule has 0 aromatic carbocycles. The summed E-state index contributed by atoms with van der Waals surface area (Å²) in [5.41, 5.74) is 6.21. The Labute approximate surface area is 114 Å². The zero-order valence-electron chi connectivity index (χ0n) is 11.1. The Kier molecular flexibility index (Phi) is 5.18. The summed E-state index contributed by atoms with van der Waals surface area (Å²) in [6.45, 7) is 3.37. The molecule has 0 amide bonds. The summed E-state index contributed by atoms with van der Waals surface area (Å²) in [6, 6.07) is 4.86. The zero-order valence-corrected chi connectivity index (χ0v) is 11.9. The van der Waals surface area contributed by atoms with Crippen molar-refractivity contribution in [2.75, 3.05) is 13.2 Å². The second-order valence-corrected chi connectivity index (χ2v) is 6.22. The van der Waals surface area contributed by atoms with Crippen molar-refractivity contribution in [3.05, 3.63) is 22.4 Å². The van der Waals surface area contributed by atoms with Crippen LogP contribution in [0.5, 0.6) is 0 Å². The van der Waals surface area contributed by atoms with Gasteiger partial charge in [-0.2, -0.15) is 0 Å². The van der Waals surface area contributed by atoms with Crippen LogP contribution >= 0.6 is 11.3 Å². The molecular formula is C14H24N2OS. The number of hydrogen-bond donors (Lipinski definition) is 2. The van der Waals surface area contributed by atoms with Crippen molar-refractivity contribution in [2.45, 2.75) is 50.7 Å². The quantitative estimate of drug-likeness (QED) is 0.881. The van der Waals surface area contributed by atoms with E-state index in [0.717, 1.165) is 13.0 Å². The minimum Gasteiger partial charge on any atom is -0.395 e. The number of likely N-dealkylation sites (tertiary alicyclic amines) is 1. The van der Waals surface area contributed by atoms with Gasteiger partial charge in [0.2, 0.25) is 0 Å². The number of rotatable bonds is 4. The van der Waals surface area contributed by atoms with Gasteiger partial charge in [-0.25, -0.2) is 0 Å². The average Bonchev–Trinajstić information content (AvgIpc) is 2.75. The Morgan fingerprint density at radius 1 is 1.50 bits per heavy atom. The van der Waals surface area contributed by atoms with Gasteiger partial charge in [0.25, 0.3) is 0 Å². The van der Waals surface area contributed by atoms with Crippen molar-refractivity contribution >= 4 is 11.3 Å². The van der Waals surface area contributed by atoms with Crippen molar-refractivity contribution < 1.29 is 5.11 Å². The van der Waals surface area contributed by atoms with Gasteiger partial charge < -0.3 is 10.8 Å². The number of hydrogen-bond acceptors (Lipinski definition) is 4. The van der Waals surface area contributed by atoms with Gasteiger partial charge >= 0.3 is 0 Å². The van der Waals surface area contributed by atoms with Crippen LogP contribution in [-0.2, 0) is 0 Å². The maximum absolute atomic E-state index is 9.64. The number of nitrogens with zero attached hydrogens (tertiary/aromatic N) is 1. The molecule has 1 aliphatic heterocycles. The van der Waals surface area contributed by atoms with E-state index in [0.29, 0.717) is 0 Å². The van der Waals surface area contributed by atoms with Crippen LogP contribution in [0.25, 0.3) is 0 Å². The number of aliphatic hydroxyl groups is 1. The molecule has 2 heterocycles. The minimum absolute atomic E-state index is 0.0933. The molecule has 3 atom stereocenters. The molecular weight excluding hydrogens is 244 g/mol. The summed E-state index contributed by atoms with van der Waals surface area (Å²) in [7, 11) is 0. The highest BCUT2D eigenvalue weighted by atomic mass is 32.1. The van der Waals surface area contributed by atoms with E-state index in [2.05, 4.69) is 29.3 Å². The van der Waals surface area contributed by atoms with E-state index < -0.39 is 0 Å². The third-order valence-corrected chi connectivity index (χ3v) is 4.77. The molecule has 0 radical (unpaired) electrons. The summed E-state index contributed by atoms with van der Waals surface area (Å²) in [5.74, 6) is 0. The van der Waals surface area contributed by atoms with Gasteiger partial charge in [-0.15, -0.1) is 11.3 Å². The number of thiophene rings is 1. The van der Waals surface area contributed by atoms with E-state index in [1.54, 1.807) is 11.3 Å². The first kappa shape index (κ1) is 14.0. The summed E-state index contributed by atoms with van der Waals surface area (Å²) < 4.78 is 0. The normalized spacial score (nSPS) is 25.6. The summed E-state index contributed by atoms with van der Waals surface area (Å²) in [6.07, 6.45) is 4.79. The molecule has 3 unspecified atom stereocenters. The standard InChI is InChI=1S/C14H24N2OS/c1-11(15)14(13-7-5-9-18-13)16-8-4-2-3-6-12(16)10-17/h5,7,9,11-12,14,17H,2-4,6,8,10,15H2,1H3. The van der Waals surface area contributed by atoms with Crippen LogP contribution in [0.15, 0.2) is 17.5 Å². The molecule has 1 aliphatic rings. The first-order valence-corrected chi connectivity index (χ1v) is 7.77. The van der Waals surface area contributed by atoms with Crippen molar-refractivity contribution in [3.63, 3.8) is 0 Å². The Morgan fingerprint density at radius 2 is 2.33 bits per heavy atom. The molecule has 1 saturated heterocycles. The van der Waals surface area contributed by atoms with E-state index in [1.165, 1.54) is 24.1 Å². The molecule has 3 nitrogen and oxygen atoms in total. The van der Waals surface area contributed by atoms with E-state index in [4.69, 9.17) is 5.73 Å². The van der Waals surface area contributed by atoms with Gasteiger partial charge in [-0.05, 0) is 37.8 Å². The Hall–Kier alpha value is -0.420. The minimum atomic E-state index is 0.0933. The highest BCUT2D eigenvalue weighted by molar-refractivity contribution is 7.10. The molecule has 1 fully saturated rings. The van der Waals surface area contributed by atoms with Crippen molar-refractivity contribution in [1.29, 1.82) is 0 Å². The topological polar surface area (TPSA) is 49.5 Å². The predicted octanol–water partition coefficient (Wildman–Crippen LogP) is 2.37. The highest BCUT2D eigenvalue weighted by Crippen LogP contribution is 2.32. The zero-order chi connectivity index (χ0) is 13.0. The molecule has 0 aliphatic carbocycles.